The summed E-state index contributed by atoms with van der Waals surface area (Å²) in [6, 6.07) is 11.2. The van der Waals surface area contributed by atoms with Crippen LogP contribution in [-0.4, -0.2) is 11.0 Å². The molecule has 0 saturated carbocycles. The molecule has 0 aliphatic rings. The Morgan fingerprint density at radius 2 is 2.05 bits per heavy atom. The van der Waals surface area contributed by atoms with Gasteiger partial charge in [-0.25, -0.2) is 4.79 Å². The van der Waals surface area contributed by atoms with Crippen LogP contribution in [0.2, 0.25) is 0 Å². The molecule has 2 rings (SSSR count). The summed E-state index contributed by atoms with van der Waals surface area (Å²) in [6.45, 7) is 2.02. The number of hydrogen-bond donors (Lipinski definition) is 2. The molecule has 4 nitrogen and oxygen atoms in total. The Balaban J connectivity index is 1.89. The molecule has 0 aliphatic heterocycles. The number of carbonyl (C=O) groups is 1. The first-order chi connectivity index (χ1) is 9.25. The van der Waals surface area contributed by atoms with Crippen LogP contribution in [0.1, 0.15) is 11.1 Å². The molecular weight excluding hydrogens is 238 g/mol. The Bertz CT molecular complexity index is 579. The fraction of sp³-hybridized carbons (Fsp3) is 0.0667. The van der Waals surface area contributed by atoms with Crippen molar-refractivity contribution in [1.82, 2.24) is 10.3 Å². The minimum Gasteiger partial charge on any atom is -0.314 e. The fourth-order valence-corrected chi connectivity index (χ4v) is 1.58. The van der Waals surface area contributed by atoms with Gasteiger partial charge in [-0.15, -0.1) is 0 Å². The first-order valence-corrected chi connectivity index (χ1v) is 5.95. The van der Waals surface area contributed by atoms with E-state index in [1.807, 2.05) is 37.3 Å². The second-order valence-corrected chi connectivity index (χ2v) is 4.03. The van der Waals surface area contributed by atoms with E-state index < -0.39 is 0 Å². The molecule has 19 heavy (non-hydrogen) atoms. The maximum Gasteiger partial charge on any atom is 0.323 e. The zero-order valence-corrected chi connectivity index (χ0v) is 10.6. The van der Waals surface area contributed by atoms with Gasteiger partial charge in [-0.3, -0.25) is 4.98 Å². The third kappa shape index (κ3) is 3.96. The van der Waals surface area contributed by atoms with E-state index in [1.54, 1.807) is 30.7 Å². The molecule has 4 heteroatoms. The lowest BCUT2D eigenvalue weighted by molar-refractivity contribution is 0.255. The van der Waals surface area contributed by atoms with Crippen molar-refractivity contribution in [3.05, 3.63) is 66.1 Å². The molecule has 2 aromatic rings. The van der Waals surface area contributed by atoms with Gasteiger partial charge >= 0.3 is 6.03 Å². The Hall–Kier alpha value is -2.62. The molecule has 1 aromatic heterocycles. The van der Waals surface area contributed by atoms with Crippen LogP contribution in [0.15, 0.2) is 55.0 Å². The van der Waals surface area contributed by atoms with Crippen LogP contribution >= 0.6 is 0 Å². The molecule has 0 saturated heterocycles. The van der Waals surface area contributed by atoms with E-state index in [0.29, 0.717) is 5.69 Å². The largest absolute Gasteiger partial charge is 0.323 e. The normalized spacial score (nSPS) is 10.4. The summed E-state index contributed by atoms with van der Waals surface area (Å²) < 4.78 is 0. The number of nitrogens with one attached hydrogen (secondary N) is 2. The predicted molar refractivity (Wildman–Crippen MR) is 76.6 cm³/mol. The molecule has 2 N–H and O–H groups in total. The van der Waals surface area contributed by atoms with Gasteiger partial charge in [-0.1, -0.05) is 24.3 Å². The highest BCUT2D eigenvalue weighted by Gasteiger charge is 1.98. The minimum absolute atomic E-state index is 0.294. The van der Waals surface area contributed by atoms with Crippen LogP contribution in [-0.2, 0) is 0 Å². The van der Waals surface area contributed by atoms with E-state index in [9.17, 15) is 4.79 Å². The van der Waals surface area contributed by atoms with Gasteiger partial charge in [0.2, 0.25) is 0 Å². The third-order valence-corrected chi connectivity index (χ3v) is 2.59. The summed E-state index contributed by atoms with van der Waals surface area (Å²) >= 11 is 0. The number of benzene rings is 1. The Morgan fingerprint density at radius 3 is 2.79 bits per heavy atom. The predicted octanol–water partition coefficient (Wildman–Crippen LogP) is 3.18. The van der Waals surface area contributed by atoms with E-state index in [0.717, 1.165) is 11.1 Å². The average Bonchev–Trinajstić information content (AvgIpc) is 2.42. The molecule has 0 spiro atoms. The highest BCUT2D eigenvalue weighted by Crippen LogP contribution is 2.08. The lowest BCUT2D eigenvalue weighted by Crippen LogP contribution is -2.23. The van der Waals surface area contributed by atoms with Crippen molar-refractivity contribution in [2.24, 2.45) is 0 Å². The van der Waals surface area contributed by atoms with Crippen molar-refractivity contribution in [3.8, 4) is 0 Å². The molecule has 0 radical (unpaired) electrons. The van der Waals surface area contributed by atoms with Crippen molar-refractivity contribution < 1.29 is 4.79 Å². The summed E-state index contributed by atoms with van der Waals surface area (Å²) in [5.74, 6) is 0. The second-order valence-electron chi connectivity index (χ2n) is 4.03. The molecule has 2 amide bonds. The molecule has 0 fully saturated rings. The van der Waals surface area contributed by atoms with Crippen molar-refractivity contribution in [1.29, 1.82) is 0 Å². The first kappa shape index (κ1) is 12.8. The summed E-state index contributed by atoms with van der Waals surface area (Å²) in [5.41, 5.74) is 2.89. The van der Waals surface area contributed by atoms with Crippen molar-refractivity contribution in [2.75, 3.05) is 5.32 Å². The van der Waals surface area contributed by atoms with Gasteiger partial charge in [0.1, 0.15) is 0 Å². The summed E-state index contributed by atoms with van der Waals surface area (Å²) in [6.07, 6.45) is 6.72. The Labute approximate surface area is 112 Å². The molecule has 0 bridgehead atoms. The smallest absolute Gasteiger partial charge is 0.314 e. The number of urea groups is 1. The molecular formula is C15H15N3O. The quantitative estimate of drug-likeness (QED) is 0.882. The topological polar surface area (TPSA) is 54.0 Å². The maximum atomic E-state index is 11.6. The zero-order valence-electron chi connectivity index (χ0n) is 10.6. The molecule has 0 unspecified atom stereocenters. The number of rotatable bonds is 3. The number of amides is 2. The van der Waals surface area contributed by atoms with E-state index in [4.69, 9.17) is 0 Å². The number of hydrogen-bond acceptors (Lipinski definition) is 2. The van der Waals surface area contributed by atoms with Gasteiger partial charge in [-0.2, -0.15) is 0 Å². The number of nitrogens with zero attached hydrogens (tertiary/aromatic N) is 1. The van der Waals surface area contributed by atoms with Crippen molar-refractivity contribution in [3.63, 3.8) is 0 Å². The monoisotopic (exact) mass is 253 g/mol. The van der Waals surface area contributed by atoms with Crippen LogP contribution in [0.5, 0.6) is 0 Å². The summed E-state index contributed by atoms with van der Waals surface area (Å²) in [7, 11) is 0. The highest BCUT2D eigenvalue weighted by atomic mass is 16.2. The standard InChI is InChI=1S/C15H15N3O/c1-12-5-2-3-6-13(12)8-10-17-15(19)18-14-7-4-9-16-11-14/h2-11H,1H3,(H2,17,18,19)/b10-8+. The summed E-state index contributed by atoms with van der Waals surface area (Å²) in [4.78, 5) is 15.5. The van der Waals surface area contributed by atoms with Gasteiger partial charge in [0.05, 0.1) is 11.9 Å². The van der Waals surface area contributed by atoms with Crippen LogP contribution in [0.4, 0.5) is 10.5 Å². The van der Waals surface area contributed by atoms with E-state index in [1.165, 1.54) is 0 Å². The minimum atomic E-state index is -0.294. The second kappa shape index (κ2) is 6.35. The Kier molecular flexibility index (Phi) is 4.29. The van der Waals surface area contributed by atoms with Gasteiger partial charge in [0, 0.05) is 12.4 Å². The van der Waals surface area contributed by atoms with Crippen LogP contribution in [0.3, 0.4) is 0 Å². The van der Waals surface area contributed by atoms with Gasteiger partial charge in [0.25, 0.3) is 0 Å². The number of aryl methyl sites for hydroxylation is 1. The zero-order chi connectivity index (χ0) is 13.5. The number of pyridine rings is 1. The lowest BCUT2D eigenvalue weighted by Gasteiger charge is -2.03. The van der Waals surface area contributed by atoms with Crippen LogP contribution < -0.4 is 10.6 Å². The average molecular weight is 253 g/mol. The highest BCUT2D eigenvalue weighted by molar-refractivity contribution is 5.90. The lowest BCUT2D eigenvalue weighted by atomic mass is 10.1. The first-order valence-electron chi connectivity index (χ1n) is 5.95. The maximum absolute atomic E-state index is 11.6. The summed E-state index contributed by atoms with van der Waals surface area (Å²) in [5, 5.41) is 5.33. The molecule has 1 aromatic carbocycles. The molecule has 96 valence electrons. The van der Waals surface area contributed by atoms with Gasteiger partial charge in [-0.05, 0) is 36.3 Å². The Morgan fingerprint density at radius 1 is 1.21 bits per heavy atom. The molecule has 0 atom stereocenters. The van der Waals surface area contributed by atoms with E-state index in [2.05, 4.69) is 15.6 Å². The van der Waals surface area contributed by atoms with Crippen molar-refractivity contribution >= 4 is 17.8 Å². The van der Waals surface area contributed by atoms with Gasteiger partial charge in [0.15, 0.2) is 0 Å². The number of carbonyl (C=O) groups excluding carboxylic acids is 1. The van der Waals surface area contributed by atoms with Crippen LogP contribution in [0, 0.1) is 6.92 Å². The van der Waals surface area contributed by atoms with E-state index >= 15 is 0 Å². The van der Waals surface area contributed by atoms with Crippen LogP contribution in [0.25, 0.3) is 6.08 Å². The number of anilines is 1. The SMILES string of the molecule is Cc1ccccc1/C=C/NC(=O)Nc1cccnc1. The molecule has 1 heterocycles. The third-order valence-electron chi connectivity index (χ3n) is 2.59. The van der Waals surface area contributed by atoms with E-state index in [-0.39, 0.29) is 6.03 Å². The van der Waals surface area contributed by atoms with Crippen molar-refractivity contribution in [2.45, 2.75) is 6.92 Å². The molecule has 0 aliphatic carbocycles. The number of aromatic nitrogens is 1. The van der Waals surface area contributed by atoms with Gasteiger partial charge < -0.3 is 10.6 Å². The fourth-order valence-electron chi connectivity index (χ4n) is 1.58.